The topological polar surface area (TPSA) is 123 Å². The maximum Gasteiger partial charge on any atom is 0.252 e. The third kappa shape index (κ3) is 2.94. The Morgan fingerprint density at radius 1 is 1.14 bits per heavy atom. The van der Waals surface area contributed by atoms with E-state index in [2.05, 4.69) is 10.3 Å². The van der Waals surface area contributed by atoms with E-state index in [9.17, 15) is 24.9 Å². The SMILES string of the molecule is O=C(NC(CO)(CO)CO)c1cc(=O)[nH]c2ccccc12. The van der Waals surface area contributed by atoms with E-state index in [0.29, 0.717) is 10.9 Å². The van der Waals surface area contributed by atoms with Crippen LogP contribution in [0.15, 0.2) is 35.1 Å². The summed E-state index contributed by atoms with van der Waals surface area (Å²) >= 11 is 0. The Balaban J connectivity index is 2.47. The Morgan fingerprint density at radius 2 is 1.76 bits per heavy atom. The van der Waals surface area contributed by atoms with E-state index in [0.717, 1.165) is 6.07 Å². The van der Waals surface area contributed by atoms with Crippen molar-refractivity contribution in [2.75, 3.05) is 19.8 Å². The average Bonchev–Trinajstić information content (AvgIpc) is 2.51. The number of hydrogen-bond donors (Lipinski definition) is 5. The van der Waals surface area contributed by atoms with Crippen LogP contribution in [0.2, 0.25) is 0 Å². The zero-order valence-corrected chi connectivity index (χ0v) is 11.2. The quantitative estimate of drug-likeness (QED) is 0.482. The molecule has 0 bridgehead atoms. The third-order valence-electron chi connectivity index (χ3n) is 3.28. The van der Waals surface area contributed by atoms with Crippen LogP contribution in [-0.4, -0.2) is 51.6 Å². The Hall–Kier alpha value is -2.22. The number of aromatic nitrogens is 1. The second kappa shape index (κ2) is 6.04. The molecule has 21 heavy (non-hydrogen) atoms. The Bertz CT molecular complexity index is 698. The molecule has 0 saturated carbocycles. The molecule has 1 aromatic heterocycles. The summed E-state index contributed by atoms with van der Waals surface area (Å²) in [6, 6.07) is 7.90. The highest BCUT2D eigenvalue weighted by Gasteiger charge is 2.30. The van der Waals surface area contributed by atoms with Crippen LogP contribution >= 0.6 is 0 Å². The van der Waals surface area contributed by atoms with Crippen LogP contribution in [0.3, 0.4) is 0 Å². The summed E-state index contributed by atoms with van der Waals surface area (Å²) in [5.41, 5.74) is -1.38. The number of aliphatic hydroxyl groups excluding tert-OH is 3. The summed E-state index contributed by atoms with van der Waals surface area (Å²) in [6.07, 6.45) is 0. The molecule has 2 aromatic rings. The molecule has 0 radical (unpaired) electrons. The van der Waals surface area contributed by atoms with Crippen molar-refractivity contribution in [1.29, 1.82) is 0 Å². The molecule has 0 aliphatic rings. The number of fused-ring (bicyclic) bond motifs is 1. The van der Waals surface area contributed by atoms with Crippen LogP contribution < -0.4 is 10.9 Å². The molecule has 0 saturated heterocycles. The Labute approximate surface area is 119 Å². The zero-order chi connectivity index (χ0) is 15.5. The lowest BCUT2D eigenvalue weighted by molar-refractivity contribution is 0.0376. The van der Waals surface area contributed by atoms with Gasteiger partial charge in [0.15, 0.2) is 0 Å². The molecule has 1 amide bonds. The van der Waals surface area contributed by atoms with Gasteiger partial charge in [0.1, 0.15) is 5.54 Å². The highest BCUT2D eigenvalue weighted by atomic mass is 16.3. The molecule has 2 rings (SSSR count). The lowest BCUT2D eigenvalue weighted by atomic mass is 10.0. The van der Waals surface area contributed by atoms with Crippen molar-refractivity contribution in [3.63, 3.8) is 0 Å². The molecule has 0 aliphatic heterocycles. The summed E-state index contributed by atoms with van der Waals surface area (Å²) in [6.45, 7) is -1.90. The molecule has 0 unspecified atom stereocenters. The first-order chi connectivity index (χ1) is 10.0. The maximum atomic E-state index is 12.3. The number of benzene rings is 1. The zero-order valence-electron chi connectivity index (χ0n) is 11.2. The summed E-state index contributed by atoms with van der Waals surface area (Å²) in [5, 5.41) is 30.6. The van der Waals surface area contributed by atoms with Gasteiger partial charge >= 0.3 is 0 Å². The number of carbonyl (C=O) groups excluding carboxylic acids is 1. The second-order valence-electron chi connectivity index (χ2n) is 4.80. The van der Waals surface area contributed by atoms with E-state index in [1.807, 2.05) is 0 Å². The molecule has 112 valence electrons. The predicted molar refractivity (Wildman–Crippen MR) is 76.0 cm³/mol. The van der Waals surface area contributed by atoms with Crippen LogP contribution in [0, 0.1) is 0 Å². The standard InChI is InChI=1S/C14H16N2O5/c17-6-14(7-18,8-19)16-13(21)10-5-12(20)15-11-4-2-1-3-9(10)11/h1-5,17-19H,6-8H2,(H,15,20)(H,16,21). The van der Waals surface area contributed by atoms with Crippen molar-refractivity contribution in [1.82, 2.24) is 10.3 Å². The minimum absolute atomic E-state index is 0.106. The van der Waals surface area contributed by atoms with Gasteiger partial charge in [0.2, 0.25) is 5.56 Å². The Morgan fingerprint density at radius 3 is 2.38 bits per heavy atom. The number of H-pyrrole nitrogens is 1. The fraction of sp³-hybridized carbons (Fsp3) is 0.286. The van der Waals surface area contributed by atoms with E-state index in [4.69, 9.17) is 0 Å². The molecule has 7 heteroatoms. The summed E-state index contributed by atoms with van der Waals surface area (Å²) in [4.78, 5) is 26.5. The van der Waals surface area contributed by atoms with Gasteiger partial charge in [0.25, 0.3) is 5.91 Å². The van der Waals surface area contributed by atoms with E-state index < -0.39 is 36.8 Å². The molecule has 0 fully saturated rings. The molecular weight excluding hydrogens is 276 g/mol. The first-order valence-corrected chi connectivity index (χ1v) is 6.32. The van der Waals surface area contributed by atoms with Crippen LogP contribution in [-0.2, 0) is 0 Å². The van der Waals surface area contributed by atoms with Gasteiger partial charge in [-0.15, -0.1) is 0 Å². The Kier molecular flexibility index (Phi) is 4.37. The van der Waals surface area contributed by atoms with E-state index in [1.54, 1.807) is 24.3 Å². The minimum Gasteiger partial charge on any atom is -0.394 e. The minimum atomic E-state index is -1.54. The van der Waals surface area contributed by atoms with Crippen LogP contribution in [0.5, 0.6) is 0 Å². The van der Waals surface area contributed by atoms with Gasteiger partial charge in [-0.25, -0.2) is 0 Å². The summed E-state index contributed by atoms with van der Waals surface area (Å²) in [5.74, 6) is -0.658. The molecule has 0 atom stereocenters. The molecular formula is C14H16N2O5. The second-order valence-corrected chi connectivity index (χ2v) is 4.80. The first kappa shape index (κ1) is 15.2. The predicted octanol–water partition coefficient (Wildman–Crippen LogP) is -1.03. The van der Waals surface area contributed by atoms with Crippen molar-refractivity contribution in [3.8, 4) is 0 Å². The van der Waals surface area contributed by atoms with Crippen molar-refractivity contribution in [3.05, 3.63) is 46.2 Å². The van der Waals surface area contributed by atoms with E-state index in [1.165, 1.54) is 0 Å². The highest BCUT2D eigenvalue weighted by Crippen LogP contribution is 2.15. The van der Waals surface area contributed by atoms with E-state index in [-0.39, 0.29) is 5.56 Å². The normalized spacial score (nSPS) is 11.6. The maximum absolute atomic E-state index is 12.3. The average molecular weight is 292 g/mol. The molecule has 0 aliphatic carbocycles. The van der Waals surface area contributed by atoms with Crippen molar-refractivity contribution in [2.24, 2.45) is 0 Å². The first-order valence-electron chi connectivity index (χ1n) is 6.32. The molecule has 5 N–H and O–H groups in total. The van der Waals surface area contributed by atoms with E-state index >= 15 is 0 Å². The van der Waals surface area contributed by atoms with Crippen LogP contribution in [0.25, 0.3) is 10.9 Å². The molecule has 1 heterocycles. The van der Waals surface area contributed by atoms with Crippen molar-refractivity contribution >= 4 is 16.8 Å². The van der Waals surface area contributed by atoms with Crippen LogP contribution in [0.4, 0.5) is 0 Å². The number of carbonyl (C=O) groups is 1. The number of amides is 1. The van der Waals surface area contributed by atoms with Gasteiger partial charge in [0.05, 0.1) is 25.4 Å². The number of para-hydroxylation sites is 1. The third-order valence-corrected chi connectivity index (χ3v) is 3.28. The molecule has 1 aromatic carbocycles. The highest BCUT2D eigenvalue weighted by molar-refractivity contribution is 6.06. The van der Waals surface area contributed by atoms with Crippen molar-refractivity contribution < 1.29 is 20.1 Å². The van der Waals surface area contributed by atoms with Crippen molar-refractivity contribution in [2.45, 2.75) is 5.54 Å². The summed E-state index contributed by atoms with van der Waals surface area (Å²) < 4.78 is 0. The monoisotopic (exact) mass is 292 g/mol. The van der Waals surface area contributed by atoms with Gasteiger partial charge in [-0.3, -0.25) is 9.59 Å². The fourth-order valence-corrected chi connectivity index (χ4v) is 1.97. The van der Waals surface area contributed by atoms with Gasteiger partial charge in [-0.05, 0) is 6.07 Å². The lowest BCUT2D eigenvalue weighted by Crippen LogP contribution is -2.57. The number of aliphatic hydroxyl groups is 3. The van der Waals surface area contributed by atoms with Gasteiger partial charge in [-0.2, -0.15) is 0 Å². The van der Waals surface area contributed by atoms with Gasteiger partial charge in [-0.1, -0.05) is 18.2 Å². The smallest absolute Gasteiger partial charge is 0.252 e. The lowest BCUT2D eigenvalue weighted by Gasteiger charge is -2.28. The molecule has 7 nitrogen and oxygen atoms in total. The number of aromatic amines is 1. The fourth-order valence-electron chi connectivity index (χ4n) is 1.97. The van der Waals surface area contributed by atoms with Crippen LogP contribution in [0.1, 0.15) is 10.4 Å². The largest absolute Gasteiger partial charge is 0.394 e. The number of nitrogens with one attached hydrogen (secondary N) is 2. The number of rotatable bonds is 5. The van der Waals surface area contributed by atoms with Gasteiger partial charge in [0, 0.05) is 17.0 Å². The molecule has 0 spiro atoms. The summed E-state index contributed by atoms with van der Waals surface area (Å²) in [7, 11) is 0. The van der Waals surface area contributed by atoms with Gasteiger partial charge < -0.3 is 25.6 Å². The number of hydrogen-bond acceptors (Lipinski definition) is 5. The number of pyridine rings is 1.